The molecule has 5 nitrogen and oxygen atoms in total. The van der Waals surface area contributed by atoms with E-state index in [0.29, 0.717) is 27.8 Å². The topological polar surface area (TPSA) is 96.9 Å². The maximum Gasteiger partial charge on any atom is 0.250 e. The number of H-pyrrole nitrogens is 1. The number of halogens is 1. The summed E-state index contributed by atoms with van der Waals surface area (Å²) in [6.07, 6.45) is 1.93. The Bertz CT molecular complexity index is 954. The van der Waals surface area contributed by atoms with E-state index in [4.69, 9.17) is 11.5 Å². The second-order valence-corrected chi connectivity index (χ2v) is 6.71. The van der Waals surface area contributed by atoms with Gasteiger partial charge in [0.05, 0.1) is 17.1 Å². The molecule has 0 fully saturated rings. The Kier molecular flexibility index (Phi) is 4.59. The molecule has 1 atom stereocenters. The van der Waals surface area contributed by atoms with Gasteiger partial charge in [-0.2, -0.15) is 0 Å². The summed E-state index contributed by atoms with van der Waals surface area (Å²) in [5.74, 6) is -0.868. The number of benzene rings is 2. The van der Waals surface area contributed by atoms with Crippen molar-refractivity contribution >= 4 is 39.9 Å². The highest BCUT2D eigenvalue weighted by molar-refractivity contribution is 7.98. The zero-order valence-corrected chi connectivity index (χ0v) is 14.7. The lowest BCUT2D eigenvalue weighted by Gasteiger charge is -2.17. The van der Waals surface area contributed by atoms with Crippen molar-refractivity contribution < 1.29 is 9.18 Å². The Morgan fingerprint density at radius 2 is 2.04 bits per heavy atom. The van der Waals surface area contributed by atoms with Crippen molar-refractivity contribution in [2.75, 3.05) is 17.3 Å². The predicted molar refractivity (Wildman–Crippen MR) is 101 cm³/mol. The van der Waals surface area contributed by atoms with Crippen LogP contribution in [0.15, 0.2) is 41.3 Å². The lowest BCUT2D eigenvalue weighted by Crippen LogP contribution is -2.16. The molecule has 0 aliphatic heterocycles. The first kappa shape index (κ1) is 17.2. The maximum absolute atomic E-state index is 14.0. The Labute approximate surface area is 149 Å². The second kappa shape index (κ2) is 6.68. The number of fused-ring (bicyclic) bond motifs is 1. The maximum atomic E-state index is 14.0. The zero-order valence-electron chi connectivity index (χ0n) is 13.9. The van der Waals surface area contributed by atoms with Crippen molar-refractivity contribution in [2.24, 2.45) is 5.73 Å². The zero-order chi connectivity index (χ0) is 18.1. The van der Waals surface area contributed by atoms with Crippen molar-refractivity contribution in [1.82, 2.24) is 4.98 Å². The van der Waals surface area contributed by atoms with Gasteiger partial charge in [-0.25, -0.2) is 4.39 Å². The third-order valence-corrected chi connectivity index (χ3v) is 4.79. The van der Waals surface area contributed by atoms with Crippen molar-refractivity contribution in [3.05, 3.63) is 53.5 Å². The van der Waals surface area contributed by atoms with E-state index in [2.05, 4.69) is 10.3 Å². The Balaban J connectivity index is 1.93. The first-order valence-electron chi connectivity index (χ1n) is 7.71. The third kappa shape index (κ3) is 3.41. The molecule has 6 N–H and O–H groups in total. The van der Waals surface area contributed by atoms with Crippen LogP contribution in [-0.2, 0) is 0 Å². The van der Waals surface area contributed by atoms with Gasteiger partial charge in [-0.05, 0) is 49.6 Å². The smallest absolute Gasteiger partial charge is 0.250 e. The first-order chi connectivity index (χ1) is 11.9. The minimum atomic E-state index is -0.499. The van der Waals surface area contributed by atoms with E-state index in [1.54, 1.807) is 18.2 Å². The fourth-order valence-corrected chi connectivity index (χ4v) is 3.20. The molecule has 1 aromatic heterocycles. The number of rotatable bonds is 5. The number of carbonyl (C=O) groups is 1. The van der Waals surface area contributed by atoms with Gasteiger partial charge in [-0.3, -0.25) is 4.79 Å². The van der Waals surface area contributed by atoms with Crippen molar-refractivity contribution in [2.45, 2.75) is 17.9 Å². The van der Waals surface area contributed by atoms with Gasteiger partial charge in [0.15, 0.2) is 0 Å². The van der Waals surface area contributed by atoms with Crippen LogP contribution < -0.4 is 16.8 Å². The molecule has 0 aliphatic carbocycles. The summed E-state index contributed by atoms with van der Waals surface area (Å²) in [5, 5.41) is 3.74. The normalized spacial score (nSPS) is 12.3. The number of aromatic amines is 1. The Hall–Kier alpha value is -2.67. The SMILES string of the molecule is CSc1ccc(NC(C)c2cc3c(F)cc(N)cc3[nH]2)c(C(N)=O)c1. The van der Waals surface area contributed by atoms with Crippen LogP contribution in [0.2, 0.25) is 0 Å². The van der Waals surface area contributed by atoms with Crippen LogP contribution in [0, 0.1) is 5.82 Å². The molecule has 0 spiro atoms. The van der Waals surface area contributed by atoms with Gasteiger partial charge >= 0.3 is 0 Å². The summed E-state index contributed by atoms with van der Waals surface area (Å²) in [7, 11) is 0. The third-order valence-electron chi connectivity index (χ3n) is 4.06. The molecule has 1 heterocycles. The lowest BCUT2D eigenvalue weighted by molar-refractivity contribution is 0.100. The number of thioether (sulfide) groups is 1. The molecule has 0 saturated heterocycles. The van der Waals surface area contributed by atoms with E-state index in [1.165, 1.54) is 17.8 Å². The van der Waals surface area contributed by atoms with Crippen molar-refractivity contribution in [3.63, 3.8) is 0 Å². The summed E-state index contributed by atoms with van der Waals surface area (Å²) in [6, 6.07) is 10.0. The van der Waals surface area contributed by atoms with E-state index in [1.807, 2.05) is 25.3 Å². The summed E-state index contributed by atoms with van der Waals surface area (Å²) in [4.78, 5) is 15.9. The number of hydrogen-bond donors (Lipinski definition) is 4. The van der Waals surface area contributed by atoms with Gasteiger partial charge in [0.25, 0.3) is 5.91 Å². The second-order valence-electron chi connectivity index (χ2n) is 5.83. The van der Waals surface area contributed by atoms with Crippen molar-refractivity contribution in [1.29, 1.82) is 0 Å². The molecule has 0 radical (unpaired) electrons. The number of primary amides is 1. The first-order valence-corrected chi connectivity index (χ1v) is 8.93. The van der Waals surface area contributed by atoms with Gasteiger partial charge in [0, 0.05) is 27.4 Å². The standard InChI is InChI=1S/C18H19FN4OS/c1-9(16-8-12-14(19)5-10(20)6-17(12)23-16)22-15-4-3-11(25-2)7-13(15)18(21)24/h3-9,22-23H,20H2,1-2H3,(H2,21,24). The van der Waals surface area contributed by atoms with Crippen LogP contribution >= 0.6 is 11.8 Å². The summed E-state index contributed by atoms with van der Waals surface area (Å²) < 4.78 is 14.0. The van der Waals surface area contributed by atoms with E-state index in [9.17, 15) is 9.18 Å². The van der Waals surface area contributed by atoms with Crippen LogP contribution in [-0.4, -0.2) is 17.1 Å². The summed E-state index contributed by atoms with van der Waals surface area (Å²) >= 11 is 1.54. The molecule has 1 amide bonds. The fourth-order valence-electron chi connectivity index (χ4n) is 2.76. The molecule has 130 valence electrons. The molecular formula is C18H19FN4OS. The van der Waals surface area contributed by atoms with Crippen LogP contribution in [0.1, 0.15) is 29.0 Å². The molecule has 2 aromatic carbocycles. The van der Waals surface area contributed by atoms with Crippen LogP contribution in [0.4, 0.5) is 15.8 Å². The number of aromatic nitrogens is 1. The molecule has 0 saturated carbocycles. The minimum absolute atomic E-state index is 0.189. The van der Waals surface area contributed by atoms with Crippen LogP contribution in [0.25, 0.3) is 10.9 Å². The van der Waals surface area contributed by atoms with Gasteiger partial charge in [0.2, 0.25) is 0 Å². The highest BCUT2D eigenvalue weighted by atomic mass is 32.2. The molecule has 3 rings (SSSR count). The quantitative estimate of drug-likeness (QED) is 0.411. The lowest BCUT2D eigenvalue weighted by atomic mass is 10.1. The number of amides is 1. The highest BCUT2D eigenvalue weighted by Gasteiger charge is 2.15. The molecular weight excluding hydrogens is 339 g/mol. The number of nitrogen functional groups attached to an aromatic ring is 1. The number of carbonyl (C=O) groups excluding carboxylic acids is 1. The van der Waals surface area contributed by atoms with E-state index < -0.39 is 5.91 Å². The number of nitrogens with two attached hydrogens (primary N) is 2. The molecule has 0 bridgehead atoms. The largest absolute Gasteiger partial charge is 0.399 e. The summed E-state index contributed by atoms with van der Waals surface area (Å²) in [5.41, 5.74) is 14.0. The van der Waals surface area contributed by atoms with Gasteiger partial charge < -0.3 is 21.8 Å². The molecule has 1 unspecified atom stereocenters. The summed E-state index contributed by atoms with van der Waals surface area (Å²) in [6.45, 7) is 1.92. The van der Waals surface area contributed by atoms with E-state index in [0.717, 1.165) is 10.6 Å². The van der Waals surface area contributed by atoms with Crippen molar-refractivity contribution in [3.8, 4) is 0 Å². The monoisotopic (exact) mass is 358 g/mol. The van der Waals surface area contributed by atoms with Crippen LogP contribution in [0.5, 0.6) is 0 Å². The minimum Gasteiger partial charge on any atom is -0.399 e. The van der Waals surface area contributed by atoms with Gasteiger partial charge in [0.1, 0.15) is 5.82 Å². The Morgan fingerprint density at radius 3 is 2.72 bits per heavy atom. The molecule has 0 aliphatic rings. The molecule has 25 heavy (non-hydrogen) atoms. The highest BCUT2D eigenvalue weighted by Crippen LogP contribution is 2.29. The average molecular weight is 358 g/mol. The molecule has 3 aromatic rings. The molecule has 7 heteroatoms. The van der Waals surface area contributed by atoms with Gasteiger partial charge in [-0.1, -0.05) is 0 Å². The number of hydrogen-bond acceptors (Lipinski definition) is 4. The fraction of sp³-hybridized carbons (Fsp3) is 0.167. The van der Waals surface area contributed by atoms with E-state index >= 15 is 0 Å². The average Bonchev–Trinajstić information content (AvgIpc) is 2.99. The Morgan fingerprint density at radius 1 is 1.28 bits per heavy atom. The van der Waals surface area contributed by atoms with E-state index in [-0.39, 0.29) is 11.9 Å². The van der Waals surface area contributed by atoms with Crippen LogP contribution in [0.3, 0.4) is 0 Å². The predicted octanol–water partition coefficient (Wildman–Crippen LogP) is 3.88. The number of nitrogens with one attached hydrogen (secondary N) is 2. The number of anilines is 2. The van der Waals surface area contributed by atoms with Gasteiger partial charge in [-0.15, -0.1) is 11.8 Å².